The lowest BCUT2D eigenvalue weighted by Crippen LogP contribution is -2.22. The summed E-state index contributed by atoms with van der Waals surface area (Å²) < 4.78 is 41.6. The molecule has 0 saturated carbocycles. The van der Waals surface area contributed by atoms with Crippen molar-refractivity contribution in [2.45, 2.75) is 51.2 Å². The van der Waals surface area contributed by atoms with Gasteiger partial charge in [-0.3, -0.25) is 4.40 Å². The van der Waals surface area contributed by atoms with E-state index in [0.717, 1.165) is 64.8 Å². The Morgan fingerprint density at radius 1 is 1.05 bits per heavy atom. The second kappa shape index (κ2) is 11.3. The Hall–Kier alpha value is -4.90. The molecule has 44 heavy (non-hydrogen) atoms. The van der Waals surface area contributed by atoms with E-state index >= 15 is 0 Å². The van der Waals surface area contributed by atoms with Crippen molar-refractivity contribution >= 4 is 45.1 Å². The van der Waals surface area contributed by atoms with Gasteiger partial charge < -0.3 is 22.1 Å². The quantitative estimate of drug-likeness (QED) is 0.164. The Morgan fingerprint density at radius 3 is 2.52 bits per heavy atom. The van der Waals surface area contributed by atoms with Gasteiger partial charge in [0, 0.05) is 28.6 Å². The van der Waals surface area contributed by atoms with Crippen molar-refractivity contribution in [3.63, 3.8) is 0 Å². The summed E-state index contributed by atoms with van der Waals surface area (Å²) in [6, 6.07) is 15.1. The predicted molar refractivity (Wildman–Crippen MR) is 168 cm³/mol. The maximum Gasteiger partial charge on any atom is 0.416 e. The lowest BCUT2D eigenvalue weighted by Gasteiger charge is -2.20. The number of benzene rings is 3. The van der Waals surface area contributed by atoms with E-state index in [9.17, 15) is 18.0 Å². The molecule has 2 amide bonds. The molecule has 1 aliphatic carbocycles. The molecule has 2 heterocycles. The van der Waals surface area contributed by atoms with Crippen molar-refractivity contribution in [1.29, 1.82) is 0 Å². The standard InChI is InChI=1S/C33H32F3N7O/c1-18(2)31-42-28(29-30(38)39-17-27(43(29)31)19-10-12-21(37)13-11-19)25-14-15-26(24-9-4-3-8-23(24)25)41-32(44)40-22-7-5-6-20(16-22)33(34,35)36/h3-10,14-18,21H,11-13,37H2,1-2H3,(H2,38,39)(H2,40,41,44). The molecule has 11 heteroatoms. The SMILES string of the molecule is CC(C)c1nc(-c2ccc(NC(=O)Nc3cccc(C(F)(F)F)c3)c3ccccc23)c2c(N)ncc(C3=CCC(N)CC3)n12. The molecule has 0 fully saturated rings. The zero-order chi connectivity index (χ0) is 31.2. The molecule has 2 aromatic heterocycles. The fourth-order valence-electron chi connectivity index (χ4n) is 5.73. The molecule has 5 aromatic rings. The molecule has 0 bridgehead atoms. The van der Waals surface area contributed by atoms with Crippen LogP contribution in [0.25, 0.3) is 33.1 Å². The van der Waals surface area contributed by atoms with Crippen LogP contribution < -0.4 is 22.1 Å². The summed E-state index contributed by atoms with van der Waals surface area (Å²) in [4.78, 5) is 22.6. The summed E-state index contributed by atoms with van der Waals surface area (Å²) in [5.74, 6) is 1.28. The van der Waals surface area contributed by atoms with Crippen LogP contribution in [0.1, 0.15) is 56.1 Å². The van der Waals surface area contributed by atoms with E-state index in [1.165, 1.54) is 12.1 Å². The third-order valence-corrected chi connectivity index (χ3v) is 7.88. The minimum Gasteiger partial charge on any atom is -0.382 e. The Labute approximate surface area is 252 Å². The molecule has 226 valence electrons. The molecule has 0 aliphatic heterocycles. The average Bonchev–Trinajstić information content (AvgIpc) is 3.40. The first-order valence-corrected chi connectivity index (χ1v) is 14.4. The topological polar surface area (TPSA) is 123 Å². The fourth-order valence-corrected chi connectivity index (χ4v) is 5.73. The number of rotatable bonds is 5. The number of alkyl halides is 3. The number of halogens is 3. The van der Waals surface area contributed by atoms with Crippen LogP contribution in [0.2, 0.25) is 0 Å². The molecule has 1 aliphatic rings. The number of carbonyl (C=O) groups is 1. The van der Waals surface area contributed by atoms with E-state index in [-0.39, 0.29) is 17.6 Å². The van der Waals surface area contributed by atoms with Crippen LogP contribution in [0, 0.1) is 0 Å². The number of allylic oxidation sites excluding steroid dienone is 1. The third kappa shape index (κ3) is 5.46. The van der Waals surface area contributed by atoms with Gasteiger partial charge in [-0.2, -0.15) is 13.2 Å². The van der Waals surface area contributed by atoms with Crippen molar-refractivity contribution in [2.75, 3.05) is 16.4 Å². The smallest absolute Gasteiger partial charge is 0.382 e. The second-order valence-corrected chi connectivity index (χ2v) is 11.3. The molecule has 0 spiro atoms. The summed E-state index contributed by atoms with van der Waals surface area (Å²) in [7, 11) is 0. The summed E-state index contributed by atoms with van der Waals surface area (Å²) in [6.45, 7) is 4.16. The monoisotopic (exact) mass is 599 g/mol. The fraction of sp³-hybridized carbons (Fsp3) is 0.242. The van der Waals surface area contributed by atoms with Gasteiger partial charge >= 0.3 is 12.2 Å². The van der Waals surface area contributed by atoms with Crippen molar-refractivity contribution < 1.29 is 18.0 Å². The number of aromatic nitrogens is 3. The number of carbonyl (C=O) groups excluding carboxylic acids is 1. The molecule has 6 rings (SSSR count). The molecule has 8 nitrogen and oxygen atoms in total. The first-order valence-electron chi connectivity index (χ1n) is 14.4. The minimum atomic E-state index is -4.52. The number of nitrogens with zero attached hydrogens (tertiary/aromatic N) is 3. The van der Waals surface area contributed by atoms with Crippen LogP contribution in [0.4, 0.5) is 35.2 Å². The van der Waals surface area contributed by atoms with Crippen molar-refractivity contribution in [3.8, 4) is 11.3 Å². The highest BCUT2D eigenvalue weighted by Crippen LogP contribution is 2.39. The van der Waals surface area contributed by atoms with Crippen molar-refractivity contribution in [2.24, 2.45) is 5.73 Å². The van der Waals surface area contributed by atoms with Crippen LogP contribution >= 0.6 is 0 Å². The molecule has 6 N–H and O–H groups in total. The van der Waals surface area contributed by atoms with E-state index in [0.29, 0.717) is 22.7 Å². The zero-order valence-corrected chi connectivity index (χ0v) is 24.2. The first kappa shape index (κ1) is 29.2. The van der Waals surface area contributed by atoms with E-state index < -0.39 is 17.8 Å². The highest BCUT2D eigenvalue weighted by atomic mass is 19.4. The summed E-state index contributed by atoms with van der Waals surface area (Å²) >= 11 is 0. The lowest BCUT2D eigenvalue weighted by molar-refractivity contribution is -0.137. The zero-order valence-electron chi connectivity index (χ0n) is 24.2. The maximum absolute atomic E-state index is 13.1. The molecular weight excluding hydrogens is 567 g/mol. The number of hydrogen-bond acceptors (Lipinski definition) is 5. The van der Waals surface area contributed by atoms with E-state index in [1.807, 2.05) is 30.3 Å². The van der Waals surface area contributed by atoms with Crippen LogP contribution in [0.3, 0.4) is 0 Å². The van der Waals surface area contributed by atoms with E-state index in [2.05, 4.69) is 39.9 Å². The summed E-state index contributed by atoms with van der Waals surface area (Å²) in [6.07, 6.45) is 1.96. The van der Waals surface area contributed by atoms with Gasteiger partial charge in [0.05, 0.1) is 23.1 Å². The largest absolute Gasteiger partial charge is 0.416 e. The number of fused-ring (bicyclic) bond motifs is 2. The maximum atomic E-state index is 13.1. The van der Waals surface area contributed by atoms with Crippen LogP contribution in [-0.2, 0) is 6.18 Å². The van der Waals surface area contributed by atoms with Gasteiger partial charge in [-0.25, -0.2) is 14.8 Å². The normalized spacial score (nSPS) is 15.5. The highest BCUT2D eigenvalue weighted by Gasteiger charge is 2.30. The molecule has 0 saturated heterocycles. The average molecular weight is 600 g/mol. The van der Waals surface area contributed by atoms with Crippen LogP contribution in [-0.4, -0.2) is 26.4 Å². The van der Waals surface area contributed by atoms with Gasteiger partial charge in [-0.15, -0.1) is 0 Å². The first-order chi connectivity index (χ1) is 21.0. The summed E-state index contributed by atoms with van der Waals surface area (Å²) in [5, 5.41) is 6.82. The number of hydrogen-bond donors (Lipinski definition) is 4. The van der Waals surface area contributed by atoms with Gasteiger partial charge in [-0.05, 0) is 54.5 Å². The molecule has 1 unspecified atom stereocenters. The second-order valence-electron chi connectivity index (χ2n) is 11.3. The molecule has 1 atom stereocenters. The summed E-state index contributed by atoms with van der Waals surface area (Å²) in [5.41, 5.74) is 16.6. The van der Waals surface area contributed by atoms with Crippen molar-refractivity contribution in [3.05, 3.63) is 90.0 Å². The Morgan fingerprint density at radius 2 is 1.82 bits per heavy atom. The number of anilines is 3. The Bertz CT molecular complexity index is 1930. The van der Waals surface area contributed by atoms with Crippen LogP contribution in [0.5, 0.6) is 0 Å². The minimum absolute atomic E-state index is 0.0257. The van der Waals surface area contributed by atoms with E-state index in [4.69, 9.17) is 16.5 Å². The van der Waals surface area contributed by atoms with Gasteiger partial charge in [0.2, 0.25) is 0 Å². The number of nitrogens with two attached hydrogens (primary N) is 2. The third-order valence-electron chi connectivity index (χ3n) is 7.88. The van der Waals surface area contributed by atoms with Crippen molar-refractivity contribution in [1.82, 2.24) is 14.4 Å². The van der Waals surface area contributed by atoms with Gasteiger partial charge in [0.1, 0.15) is 22.9 Å². The highest BCUT2D eigenvalue weighted by molar-refractivity contribution is 6.11. The number of nitrogen functional groups attached to an aromatic ring is 1. The lowest BCUT2D eigenvalue weighted by atomic mass is 9.94. The molecular formula is C33H32F3N7O. The number of imidazole rings is 1. The number of urea groups is 1. The molecule has 3 aromatic carbocycles. The van der Waals surface area contributed by atoms with Gasteiger partial charge in [0.15, 0.2) is 0 Å². The molecule has 0 radical (unpaired) electrons. The Balaban J connectivity index is 1.42. The van der Waals surface area contributed by atoms with Crippen LogP contribution in [0.15, 0.2) is 72.9 Å². The number of nitrogens with one attached hydrogen (secondary N) is 2. The Kier molecular flexibility index (Phi) is 7.50. The predicted octanol–water partition coefficient (Wildman–Crippen LogP) is 7.81. The van der Waals surface area contributed by atoms with E-state index in [1.54, 1.807) is 12.3 Å². The van der Waals surface area contributed by atoms with Gasteiger partial charge in [-0.1, -0.05) is 56.3 Å². The van der Waals surface area contributed by atoms with Gasteiger partial charge in [0.25, 0.3) is 0 Å². The number of amides is 2.